The quantitative estimate of drug-likeness (QED) is 0.725. The molecular weight excluding hydrogens is 276 g/mol. The van der Waals surface area contributed by atoms with Gasteiger partial charge in [0, 0.05) is 11.8 Å². The van der Waals surface area contributed by atoms with Gasteiger partial charge in [0.1, 0.15) is 5.82 Å². The molecular formula is C18H28N2O2. The average Bonchev–Trinajstić information content (AvgIpc) is 2.82. The molecule has 0 aliphatic carbocycles. The molecule has 22 heavy (non-hydrogen) atoms. The zero-order valence-electron chi connectivity index (χ0n) is 13.9. The molecule has 1 aromatic rings. The van der Waals surface area contributed by atoms with Crippen LogP contribution in [0.5, 0.6) is 0 Å². The van der Waals surface area contributed by atoms with Gasteiger partial charge < -0.3 is 9.72 Å². The first-order chi connectivity index (χ1) is 10.6. The Labute approximate surface area is 133 Å². The van der Waals surface area contributed by atoms with Crippen molar-refractivity contribution >= 4 is 12.0 Å². The SMILES string of the molecule is Cc1nc2c([nH]1)CCCCCCCCC[C@@H](C)OC(=O)/C=C/2. The molecule has 0 amide bonds. The highest BCUT2D eigenvalue weighted by molar-refractivity contribution is 5.87. The Balaban J connectivity index is 2.04. The Hall–Kier alpha value is -1.58. The number of ether oxygens (including phenoxy) is 1. The molecule has 0 fully saturated rings. The van der Waals surface area contributed by atoms with Gasteiger partial charge in [0.2, 0.25) is 0 Å². The fraction of sp³-hybridized carbons (Fsp3) is 0.667. The van der Waals surface area contributed by atoms with E-state index in [1.54, 1.807) is 6.08 Å². The zero-order valence-corrected chi connectivity index (χ0v) is 13.9. The monoisotopic (exact) mass is 304 g/mol. The van der Waals surface area contributed by atoms with Gasteiger partial charge in [-0.3, -0.25) is 0 Å². The lowest BCUT2D eigenvalue weighted by Crippen LogP contribution is -2.12. The maximum Gasteiger partial charge on any atom is 0.331 e. The summed E-state index contributed by atoms with van der Waals surface area (Å²) in [4.78, 5) is 19.6. The maximum absolute atomic E-state index is 11.9. The number of carbonyl (C=O) groups is 1. The number of fused-ring (bicyclic) bond motifs is 1. The number of hydrogen-bond acceptors (Lipinski definition) is 3. The third-order valence-electron chi connectivity index (χ3n) is 4.16. The number of H-pyrrole nitrogens is 1. The van der Waals surface area contributed by atoms with Crippen molar-refractivity contribution in [1.82, 2.24) is 9.97 Å². The highest BCUT2D eigenvalue weighted by atomic mass is 16.5. The van der Waals surface area contributed by atoms with E-state index in [4.69, 9.17) is 4.74 Å². The summed E-state index contributed by atoms with van der Waals surface area (Å²) in [5, 5.41) is 0. The Kier molecular flexibility index (Phi) is 6.69. The Morgan fingerprint density at radius 2 is 1.77 bits per heavy atom. The molecule has 0 saturated heterocycles. The predicted molar refractivity (Wildman–Crippen MR) is 88.6 cm³/mol. The number of aromatic nitrogens is 2. The van der Waals surface area contributed by atoms with Crippen LogP contribution in [0.4, 0.5) is 0 Å². The summed E-state index contributed by atoms with van der Waals surface area (Å²) in [6, 6.07) is 0. The number of aryl methyl sites for hydroxylation is 2. The van der Waals surface area contributed by atoms with Crippen molar-refractivity contribution in [2.45, 2.75) is 77.7 Å². The number of carbonyl (C=O) groups excluding carboxylic acids is 1. The minimum atomic E-state index is -0.272. The number of esters is 1. The first-order valence-electron chi connectivity index (χ1n) is 8.59. The van der Waals surface area contributed by atoms with E-state index in [-0.39, 0.29) is 12.1 Å². The Morgan fingerprint density at radius 3 is 2.55 bits per heavy atom. The minimum absolute atomic E-state index is 0.00885. The fourth-order valence-corrected chi connectivity index (χ4v) is 2.95. The summed E-state index contributed by atoms with van der Waals surface area (Å²) in [5.41, 5.74) is 2.00. The number of cyclic esters (lactones) is 1. The van der Waals surface area contributed by atoms with E-state index in [1.807, 2.05) is 13.8 Å². The number of hydrogen-bond donors (Lipinski definition) is 1. The normalized spacial score (nSPS) is 23.5. The largest absolute Gasteiger partial charge is 0.460 e. The van der Waals surface area contributed by atoms with Crippen LogP contribution in [-0.4, -0.2) is 22.0 Å². The number of nitrogens with zero attached hydrogens (tertiary/aromatic N) is 1. The van der Waals surface area contributed by atoms with E-state index < -0.39 is 0 Å². The molecule has 2 heterocycles. The van der Waals surface area contributed by atoms with Crippen LogP contribution in [0.15, 0.2) is 6.08 Å². The lowest BCUT2D eigenvalue weighted by atomic mass is 10.0. The smallest absolute Gasteiger partial charge is 0.331 e. The lowest BCUT2D eigenvalue weighted by molar-refractivity contribution is -0.142. The number of nitrogens with one attached hydrogen (secondary N) is 1. The second-order valence-corrected chi connectivity index (χ2v) is 6.28. The number of imidazole rings is 1. The van der Waals surface area contributed by atoms with Crippen LogP contribution in [0.1, 0.15) is 75.5 Å². The first kappa shape index (κ1) is 16.8. The van der Waals surface area contributed by atoms with Gasteiger partial charge in [0.25, 0.3) is 0 Å². The molecule has 122 valence electrons. The Bertz CT molecular complexity index is 505. The first-order valence-corrected chi connectivity index (χ1v) is 8.59. The van der Waals surface area contributed by atoms with Gasteiger partial charge in [0.05, 0.1) is 11.8 Å². The van der Waals surface area contributed by atoms with Gasteiger partial charge in [-0.2, -0.15) is 0 Å². The molecule has 2 rings (SSSR count). The second kappa shape index (κ2) is 8.76. The van der Waals surface area contributed by atoms with Crippen LogP contribution < -0.4 is 0 Å². The van der Waals surface area contributed by atoms with Gasteiger partial charge in [0.15, 0.2) is 0 Å². The van der Waals surface area contributed by atoms with Crippen LogP contribution in [0.25, 0.3) is 6.08 Å². The van der Waals surface area contributed by atoms with Gasteiger partial charge in [-0.05, 0) is 45.6 Å². The van der Waals surface area contributed by atoms with Gasteiger partial charge >= 0.3 is 5.97 Å². The minimum Gasteiger partial charge on any atom is -0.460 e. The lowest BCUT2D eigenvalue weighted by Gasteiger charge is -2.11. The van der Waals surface area contributed by atoms with E-state index in [0.29, 0.717) is 0 Å². The van der Waals surface area contributed by atoms with E-state index >= 15 is 0 Å². The predicted octanol–water partition coefficient (Wildman–Crippen LogP) is 4.34. The second-order valence-electron chi connectivity index (χ2n) is 6.28. The summed E-state index contributed by atoms with van der Waals surface area (Å²) in [6.45, 7) is 3.92. The van der Waals surface area contributed by atoms with Gasteiger partial charge in [-0.1, -0.05) is 32.1 Å². The van der Waals surface area contributed by atoms with Crippen LogP contribution in [0.2, 0.25) is 0 Å². The summed E-state index contributed by atoms with van der Waals surface area (Å²) in [6.07, 6.45) is 13.9. The highest BCUT2D eigenvalue weighted by Crippen LogP contribution is 2.16. The number of rotatable bonds is 0. The van der Waals surface area contributed by atoms with Crippen LogP contribution in [-0.2, 0) is 16.0 Å². The van der Waals surface area contributed by atoms with E-state index in [2.05, 4.69) is 9.97 Å². The van der Waals surface area contributed by atoms with Crippen molar-refractivity contribution in [2.24, 2.45) is 0 Å². The fourth-order valence-electron chi connectivity index (χ4n) is 2.95. The summed E-state index contributed by atoms with van der Waals surface area (Å²) in [5.74, 6) is 0.625. The van der Waals surface area contributed by atoms with Crippen molar-refractivity contribution in [2.75, 3.05) is 0 Å². The number of aromatic amines is 1. The molecule has 0 bridgehead atoms. The van der Waals surface area contributed by atoms with Crippen LogP contribution >= 0.6 is 0 Å². The molecule has 0 spiro atoms. The van der Waals surface area contributed by atoms with Gasteiger partial charge in [-0.15, -0.1) is 0 Å². The molecule has 4 heteroatoms. The van der Waals surface area contributed by atoms with Gasteiger partial charge in [-0.25, -0.2) is 9.78 Å². The molecule has 1 aliphatic rings. The van der Waals surface area contributed by atoms with Crippen molar-refractivity contribution in [1.29, 1.82) is 0 Å². The maximum atomic E-state index is 11.9. The topological polar surface area (TPSA) is 55.0 Å². The van der Waals surface area contributed by atoms with Crippen molar-refractivity contribution in [3.63, 3.8) is 0 Å². The molecule has 1 atom stereocenters. The van der Waals surface area contributed by atoms with Crippen LogP contribution in [0, 0.1) is 6.92 Å². The summed E-state index contributed by atoms with van der Waals surface area (Å²) < 4.78 is 5.41. The summed E-state index contributed by atoms with van der Waals surface area (Å²) >= 11 is 0. The Morgan fingerprint density at radius 1 is 1.09 bits per heavy atom. The molecule has 4 nitrogen and oxygen atoms in total. The zero-order chi connectivity index (χ0) is 15.8. The van der Waals surface area contributed by atoms with E-state index in [0.717, 1.165) is 36.5 Å². The molecule has 1 N–H and O–H groups in total. The van der Waals surface area contributed by atoms with Crippen molar-refractivity contribution in [3.8, 4) is 0 Å². The molecule has 1 aromatic heterocycles. The van der Waals surface area contributed by atoms with Crippen molar-refractivity contribution in [3.05, 3.63) is 23.3 Å². The molecule has 0 saturated carbocycles. The van der Waals surface area contributed by atoms with E-state index in [1.165, 1.54) is 44.6 Å². The third-order valence-corrected chi connectivity index (χ3v) is 4.16. The van der Waals surface area contributed by atoms with E-state index in [9.17, 15) is 4.79 Å². The molecule has 1 aliphatic heterocycles. The summed E-state index contributed by atoms with van der Waals surface area (Å²) in [7, 11) is 0. The standard InChI is InChI=1S/C18H28N2O2/c1-14-10-8-6-4-3-5-7-9-11-16-17(20-15(2)19-16)12-13-18(21)22-14/h12-14H,3-11H2,1-2H3,(H,19,20)/b13-12+/t14-/m1/s1. The molecule has 0 unspecified atom stereocenters. The van der Waals surface area contributed by atoms with Crippen LogP contribution in [0.3, 0.4) is 0 Å². The average molecular weight is 304 g/mol. The molecule has 0 aromatic carbocycles. The molecule has 0 radical (unpaired) electrons. The highest BCUT2D eigenvalue weighted by Gasteiger charge is 2.09. The third kappa shape index (κ3) is 5.66. The van der Waals surface area contributed by atoms with Crippen molar-refractivity contribution < 1.29 is 9.53 Å².